The SMILES string of the molecule is O=C(CCc1cccc(F)c1)N1CCCc2cc(Cl)cc(F)c21. The van der Waals surface area contributed by atoms with Gasteiger partial charge in [-0.3, -0.25) is 4.79 Å². The summed E-state index contributed by atoms with van der Waals surface area (Å²) in [5.41, 5.74) is 1.86. The molecule has 0 aromatic heterocycles. The van der Waals surface area contributed by atoms with Crippen LogP contribution in [-0.4, -0.2) is 12.5 Å². The molecule has 1 amide bonds. The topological polar surface area (TPSA) is 20.3 Å². The largest absolute Gasteiger partial charge is 0.309 e. The van der Waals surface area contributed by atoms with Crippen LogP contribution in [0.25, 0.3) is 0 Å². The maximum Gasteiger partial charge on any atom is 0.227 e. The van der Waals surface area contributed by atoms with Gasteiger partial charge in [-0.25, -0.2) is 8.78 Å². The van der Waals surface area contributed by atoms with Gasteiger partial charge in [-0.05, 0) is 54.7 Å². The average molecular weight is 336 g/mol. The molecule has 2 aromatic carbocycles. The van der Waals surface area contributed by atoms with Crippen molar-refractivity contribution >= 4 is 23.2 Å². The van der Waals surface area contributed by atoms with Crippen LogP contribution in [0.1, 0.15) is 24.0 Å². The lowest BCUT2D eigenvalue weighted by Gasteiger charge is -2.30. The lowest BCUT2D eigenvalue weighted by Crippen LogP contribution is -2.36. The van der Waals surface area contributed by atoms with Crippen molar-refractivity contribution in [3.05, 3.63) is 64.2 Å². The van der Waals surface area contributed by atoms with Crippen molar-refractivity contribution in [3.63, 3.8) is 0 Å². The number of carbonyl (C=O) groups excluding carboxylic acids is 1. The first-order valence-electron chi connectivity index (χ1n) is 7.57. The van der Waals surface area contributed by atoms with Gasteiger partial charge < -0.3 is 4.90 Å². The van der Waals surface area contributed by atoms with E-state index in [4.69, 9.17) is 11.6 Å². The molecule has 0 N–H and O–H groups in total. The number of amides is 1. The van der Waals surface area contributed by atoms with E-state index in [1.165, 1.54) is 23.1 Å². The zero-order valence-corrected chi connectivity index (χ0v) is 13.2. The summed E-state index contributed by atoms with van der Waals surface area (Å²) < 4.78 is 27.4. The van der Waals surface area contributed by atoms with Crippen LogP contribution in [-0.2, 0) is 17.6 Å². The number of carbonyl (C=O) groups is 1. The van der Waals surface area contributed by atoms with Crippen LogP contribution in [0.4, 0.5) is 14.5 Å². The van der Waals surface area contributed by atoms with Gasteiger partial charge >= 0.3 is 0 Å². The number of fused-ring (bicyclic) bond motifs is 1. The van der Waals surface area contributed by atoms with Crippen LogP contribution in [0, 0.1) is 11.6 Å². The Kier molecular flexibility index (Phi) is 4.62. The Balaban J connectivity index is 1.77. The van der Waals surface area contributed by atoms with Gasteiger partial charge in [0.1, 0.15) is 11.6 Å². The fourth-order valence-electron chi connectivity index (χ4n) is 2.98. The van der Waals surface area contributed by atoms with E-state index in [0.717, 1.165) is 17.5 Å². The number of anilines is 1. The molecule has 5 heteroatoms. The maximum absolute atomic E-state index is 14.2. The standard InChI is InChI=1S/C18H16ClF2NO/c19-14-10-13-4-2-8-22(18(13)16(21)11-14)17(23)7-6-12-3-1-5-15(20)9-12/h1,3,5,9-11H,2,4,6-8H2. The van der Waals surface area contributed by atoms with E-state index < -0.39 is 5.82 Å². The van der Waals surface area contributed by atoms with Crippen molar-refractivity contribution in [2.45, 2.75) is 25.7 Å². The molecule has 0 fully saturated rings. The Morgan fingerprint density at radius 2 is 2.04 bits per heavy atom. The Morgan fingerprint density at radius 3 is 2.83 bits per heavy atom. The zero-order valence-electron chi connectivity index (χ0n) is 12.5. The molecule has 0 unspecified atom stereocenters. The highest BCUT2D eigenvalue weighted by Crippen LogP contribution is 2.33. The van der Waals surface area contributed by atoms with Crippen LogP contribution >= 0.6 is 11.6 Å². The molecule has 0 saturated heterocycles. The second kappa shape index (κ2) is 6.67. The van der Waals surface area contributed by atoms with Crippen LogP contribution in [0.3, 0.4) is 0 Å². The summed E-state index contributed by atoms with van der Waals surface area (Å²) in [4.78, 5) is 14.0. The third-order valence-corrected chi connectivity index (χ3v) is 4.24. The predicted octanol–water partition coefficient (Wildman–Crippen LogP) is 4.53. The Bertz CT molecular complexity index is 748. The normalized spacial score (nSPS) is 13.8. The molecule has 23 heavy (non-hydrogen) atoms. The number of aryl methyl sites for hydroxylation is 2. The molecule has 2 nitrogen and oxygen atoms in total. The summed E-state index contributed by atoms with van der Waals surface area (Å²) in [6.07, 6.45) is 2.13. The van der Waals surface area contributed by atoms with Crippen molar-refractivity contribution in [2.75, 3.05) is 11.4 Å². The second-order valence-electron chi connectivity index (χ2n) is 5.67. The van der Waals surface area contributed by atoms with Gasteiger partial charge in [0.05, 0.1) is 5.69 Å². The number of nitrogens with zero attached hydrogens (tertiary/aromatic N) is 1. The van der Waals surface area contributed by atoms with Gasteiger partial charge in [0.15, 0.2) is 0 Å². The molecular weight excluding hydrogens is 320 g/mol. The Hall–Kier alpha value is -1.94. The fraction of sp³-hybridized carbons (Fsp3) is 0.278. The average Bonchev–Trinajstić information content (AvgIpc) is 2.51. The van der Waals surface area contributed by atoms with Crippen molar-refractivity contribution < 1.29 is 13.6 Å². The molecule has 1 aliphatic heterocycles. The summed E-state index contributed by atoms with van der Waals surface area (Å²) in [5, 5.41) is 0.343. The molecule has 0 saturated carbocycles. The molecule has 1 aliphatic rings. The summed E-state index contributed by atoms with van der Waals surface area (Å²) in [6, 6.07) is 9.13. The van der Waals surface area contributed by atoms with Gasteiger partial charge in [0.25, 0.3) is 0 Å². The minimum absolute atomic E-state index is 0.156. The van der Waals surface area contributed by atoms with Crippen LogP contribution in [0.2, 0.25) is 5.02 Å². The maximum atomic E-state index is 14.2. The predicted molar refractivity (Wildman–Crippen MR) is 86.8 cm³/mol. The van der Waals surface area contributed by atoms with E-state index >= 15 is 0 Å². The molecular formula is C18H16ClF2NO. The van der Waals surface area contributed by atoms with Crippen molar-refractivity contribution in [3.8, 4) is 0 Å². The number of hydrogen-bond acceptors (Lipinski definition) is 1. The van der Waals surface area contributed by atoms with Crippen LogP contribution in [0.15, 0.2) is 36.4 Å². The van der Waals surface area contributed by atoms with Crippen LogP contribution < -0.4 is 4.90 Å². The zero-order chi connectivity index (χ0) is 16.4. The monoisotopic (exact) mass is 335 g/mol. The highest BCUT2D eigenvalue weighted by molar-refractivity contribution is 6.30. The summed E-state index contributed by atoms with van der Waals surface area (Å²) in [6.45, 7) is 0.494. The van der Waals surface area contributed by atoms with E-state index in [0.29, 0.717) is 30.1 Å². The molecule has 3 rings (SSSR count). The molecule has 0 bridgehead atoms. The quantitative estimate of drug-likeness (QED) is 0.807. The van der Waals surface area contributed by atoms with E-state index in [1.54, 1.807) is 18.2 Å². The Labute approximate surface area is 138 Å². The molecule has 120 valence electrons. The van der Waals surface area contributed by atoms with Crippen molar-refractivity contribution in [1.29, 1.82) is 0 Å². The lowest BCUT2D eigenvalue weighted by molar-refractivity contribution is -0.118. The highest BCUT2D eigenvalue weighted by atomic mass is 35.5. The Morgan fingerprint density at radius 1 is 1.22 bits per heavy atom. The summed E-state index contributed by atoms with van der Waals surface area (Å²) in [5.74, 6) is -0.943. The second-order valence-corrected chi connectivity index (χ2v) is 6.11. The van der Waals surface area contributed by atoms with Crippen molar-refractivity contribution in [1.82, 2.24) is 0 Å². The number of hydrogen-bond donors (Lipinski definition) is 0. The van der Waals surface area contributed by atoms with Crippen molar-refractivity contribution in [2.24, 2.45) is 0 Å². The van der Waals surface area contributed by atoms with Gasteiger partial charge in [-0.1, -0.05) is 23.7 Å². The first kappa shape index (κ1) is 15.9. The highest BCUT2D eigenvalue weighted by Gasteiger charge is 2.26. The lowest BCUT2D eigenvalue weighted by atomic mass is 10.00. The van der Waals surface area contributed by atoms with Crippen LogP contribution in [0.5, 0.6) is 0 Å². The summed E-state index contributed by atoms with van der Waals surface area (Å²) >= 11 is 5.89. The third-order valence-electron chi connectivity index (χ3n) is 4.02. The summed E-state index contributed by atoms with van der Waals surface area (Å²) in [7, 11) is 0. The molecule has 0 spiro atoms. The molecule has 0 aliphatic carbocycles. The smallest absolute Gasteiger partial charge is 0.227 e. The fourth-order valence-corrected chi connectivity index (χ4v) is 3.21. The molecule has 0 radical (unpaired) electrons. The third kappa shape index (κ3) is 3.53. The number of halogens is 3. The van der Waals surface area contributed by atoms with E-state index in [2.05, 4.69) is 0 Å². The minimum atomic E-state index is -0.466. The van der Waals surface area contributed by atoms with E-state index in [-0.39, 0.29) is 18.1 Å². The molecule has 2 aromatic rings. The van der Waals surface area contributed by atoms with E-state index in [9.17, 15) is 13.6 Å². The van der Waals surface area contributed by atoms with E-state index in [1.807, 2.05) is 0 Å². The molecule has 0 atom stereocenters. The molecule has 1 heterocycles. The van der Waals surface area contributed by atoms with Gasteiger partial charge in [-0.15, -0.1) is 0 Å². The first-order chi connectivity index (χ1) is 11.0. The minimum Gasteiger partial charge on any atom is -0.309 e. The van der Waals surface area contributed by atoms with Gasteiger partial charge in [0, 0.05) is 18.0 Å². The van der Waals surface area contributed by atoms with Gasteiger partial charge in [0.2, 0.25) is 5.91 Å². The number of benzene rings is 2. The number of rotatable bonds is 3. The van der Waals surface area contributed by atoms with Gasteiger partial charge in [-0.2, -0.15) is 0 Å². The first-order valence-corrected chi connectivity index (χ1v) is 7.95.